The lowest BCUT2D eigenvalue weighted by Gasteiger charge is -2.14. The van der Waals surface area contributed by atoms with Crippen LogP contribution in [0.3, 0.4) is 0 Å². The SMILES string of the molecule is Cc1nc(C)c(C(C)n2c(N)nc3cc(Br)cnc32)s1. The average Bonchev–Trinajstić information content (AvgIpc) is 2.87. The Morgan fingerprint density at radius 3 is 2.75 bits per heavy atom. The van der Waals surface area contributed by atoms with E-state index in [2.05, 4.69) is 37.8 Å². The predicted octanol–water partition coefficient (Wildman–Crippen LogP) is 3.46. The predicted molar refractivity (Wildman–Crippen MR) is 85.0 cm³/mol. The molecule has 0 amide bonds. The summed E-state index contributed by atoms with van der Waals surface area (Å²) in [5, 5.41) is 1.06. The summed E-state index contributed by atoms with van der Waals surface area (Å²) in [7, 11) is 0. The first-order chi connectivity index (χ1) is 9.47. The van der Waals surface area contributed by atoms with Crippen molar-refractivity contribution in [2.45, 2.75) is 26.8 Å². The van der Waals surface area contributed by atoms with E-state index in [-0.39, 0.29) is 6.04 Å². The standard InChI is InChI=1S/C13H14BrN5S/c1-6-11(20-8(3)17-6)7(2)19-12-10(18-13(19)15)4-9(14)5-16-12/h4-5,7H,1-3H3,(H2,15,18). The minimum atomic E-state index is 0.0693. The molecule has 0 aliphatic carbocycles. The Balaban J connectivity index is 2.18. The molecule has 0 aliphatic rings. The van der Waals surface area contributed by atoms with Gasteiger partial charge in [-0.2, -0.15) is 0 Å². The van der Waals surface area contributed by atoms with E-state index in [1.807, 2.05) is 24.5 Å². The van der Waals surface area contributed by atoms with Crippen LogP contribution in [0.25, 0.3) is 11.2 Å². The Hall–Kier alpha value is -1.47. The van der Waals surface area contributed by atoms with Crippen molar-refractivity contribution in [2.75, 3.05) is 5.73 Å². The highest BCUT2D eigenvalue weighted by atomic mass is 79.9. The van der Waals surface area contributed by atoms with Crippen LogP contribution >= 0.6 is 27.3 Å². The molecule has 0 radical (unpaired) electrons. The molecule has 0 saturated heterocycles. The summed E-state index contributed by atoms with van der Waals surface area (Å²) in [5.41, 5.74) is 8.71. The van der Waals surface area contributed by atoms with E-state index in [0.29, 0.717) is 5.95 Å². The van der Waals surface area contributed by atoms with Crippen molar-refractivity contribution in [3.8, 4) is 0 Å². The second-order valence-corrected chi connectivity index (χ2v) is 6.85. The summed E-state index contributed by atoms with van der Waals surface area (Å²) in [6.45, 7) is 6.13. The molecule has 0 saturated carbocycles. The Bertz CT molecular complexity index is 792. The molecule has 1 unspecified atom stereocenters. The van der Waals surface area contributed by atoms with Gasteiger partial charge in [0, 0.05) is 10.7 Å². The molecule has 3 aromatic heterocycles. The Labute approximate surface area is 129 Å². The Morgan fingerprint density at radius 1 is 1.35 bits per heavy atom. The number of imidazole rings is 1. The molecule has 3 heterocycles. The molecule has 7 heteroatoms. The van der Waals surface area contributed by atoms with Crippen LogP contribution in [0.15, 0.2) is 16.7 Å². The van der Waals surface area contributed by atoms with Gasteiger partial charge in [-0.3, -0.25) is 4.57 Å². The highest BCUT2D eigenvalue weighted by Gasteiger charge is 2.20. The van der Waals surface area contributed by atoms with Crippen LogP contribution in [-0.4, -0.2) is 19.5 Å². The van der Waals surface area contributed by atoms with Crippen molar-refractivity contribution in [1.82, 2.24) is 19.5 Å². The van der Waals surface area contributed by atoms with E-state index < -0.39 is 0 Å². The Morgan fingerprint density at radius 2 is 2.10 bits per heavy atom. The number of fused-ring (bicyclic) bond motifs is 1. The third-order valence-corrected chi connectivity index (χ3v) is 4.91. The molecule has 20 heavy (non-hydrogen) atoms. The van der Waals surface area contributed by atoms with Gasteiger partial charge in [-0.05, 0) is 42.8 Å². The lowest BCUT2D eigenvalue weighted by Crippen LogP contribution is -2.10. The molecule has 0 aliphatic heterocycles. The molecule has 3 rings (SSSR count). The fourth-order valence-corrected chi connectivity index (χ4v) is 3.70. The minimum Gasteiger partial charge on any atom is -0.369 e. The Kier molecular flexibility index (Phi) is 3.25. The van der Waals surface area contributed by atoms with E-state index in [0.717, 1.165) is 26.3 Å². The molecule has 0 aromatic carbocycles. The zero-order chi connectivity index (χ0) is 14.4. The number of nitrogens with zero attached hydrogens (tertiary/aromatic N) is 4. The smallest absolute Gasteiger partial charge is 0.203 e. The third-order valence-electron chi connectivity index (χ3n) is 3.23. The first-order valence-electron chi connectivity index (χ1n) is 6.20. The summed E-state index contributed by atoms with van der Waals surface area (Å²) < 4.78 is 2.86. The van der Waals surface area contributed by atoms with Crippen LogP contribution in [0.4, 0.5) is 5.95 Å². The summed E-state index contributed by atoms with van der Waals surface area (Å²) in [6, 6.07) is 1.99. The molecule has 104 valence electrons. The highest BCUT2D eigenvalue weighted by Crippen LogP contribution is 2.32. The van der Waals surface area contributed by atoms with Crippen LogP contribution in [0, 0.1) is 13.8 Å². The summed E-state index contributed by atoms with van der Waals surface area (Å²) in [6.07, 6.45) is 1.76. The number of aryl methyl sites for hydroxylation is 2. The van der Waals surface area contributed by atoms with E-state index >= 15 is 0 Å². The molecule has 1 atom stereocenters. The van der Waals surface area contributed by atoms with Crippen molar-refractivity contribution in [3.05, 3.63) is 32.3 Å². The number of thiazole rings is 1. The van der Waals surface area contributed by atoms with Crippen molar-refractivity contribution in [1.29, 1.82) is 0 Å². The van der Waals surface area contributed by atoms with Crippen molar-refractivity contribution in [3.63, 3.8) is 0 Å². The van der Waals surface area contributed by atoms with E-state index in [1.54, 1.807) is 17.5 Å². The van der Waals surface area contributed by atoms with Crippen LogP contribution in [0.2, 0.25) is 0 Å². The summed E-state index contributed by atoms with van der Waals surface area (Å²) in [4.78, 5) is 14.5. The number of anilines is 1. The summed E-state index contributed by atoms with van der Waals surface area (Å²) >= 11 is 5.09. The lowest BCUT2D eigenvalue weighted by molar-refractivity contribution is 0.668. The fourth-order valence-electron chi connectivity index (χ4n) is 2.41. The maximum Gasteiger partial charge on any atom is 0.203 e. The summed E-state index contributed by atoms with van der Waals surface area (Å²) in [5.74, 6) is 0.476. The zero-order valence-corrected chi connectivity index (χ0v) is 13.8. The van der Waals surface area contributed by atoms with Gasteiger partial charge in [0.1, 0.15) is 5.52 Å². The van der Waals surface area contributed by atoms with Gasteiger partial charge in [-0.1, -0.05) is 0 Å². The minimum absolute atomic E-state index is 0.0693. The number of aromatic nitrogens is 4. The second kappa shape index (κ2) is 4.82. The third kappa shape index (κ3) is 2.10. The monoisotopic (exact) mass is 351 g/mol. The molecule has 0 fully saturated rings. The number of rotatable bonds is 2. The quantitative estimate of drug-likeness (QED) is 0.767. The largest absolute Gasteiger partial charge is 0.369 e. The van der Waals surface area contributed by atoms with E-state index in [1.165, 1.54) is 4.88 Å². The first-order valence-corrected chi connectivity index (χ1v) is 7.81. The van der Waals surface area contributed by atoms with Crippen LogP contribution in [0.1, 0.15) is 28.5 Å². The van der Waals surface area contributed by atoms with Gasteiger partial charge >= 0.3 is 0 Å². The number of hydrogen-bond acceptors (Lipinski definition) is 5. The van der Waals surface area contributed by atoms with Gasteiger partial charge in [0.05, 0.1) is 21.6 Å². The molecule has 0 spiro atoms. The molecular formula is C13H14BrN5S. The van der Waals surface area contributed by atoms with Crippen molar-refractivity contribution < 1.29 is 0 Å². The van der Waals surface area contributed by atoms with Crippen LogP contribution in [0.5, 0.6) is 0 Å². The van der Waals surface area contributed by atoms with Crippen LogP contribution in [-0.2, 0) is 0 Å². The first kappa shape index (κ1) is 13.5. The second-order valence-electron chi connectivity index (χ2n) is 4.69. The van der Waals surface area contributed by atoms with Gasteiger partial charge < -0.3 is 5.73 Å². The average molecular weight is 352 g/mol. The van der Waals surface area contributed by atoms with E-state index in [9.17, 15) is 0 Å². The molecular weight excluding hydrogens is 338 g/mol. The molecule has 0 bridgehead atoms. The molecule has 3 aromatic rings. The van der Waals surface area contributed by atoms with Crippen LogP contribution < -0.4 is 5.73 Å². The maximum atomic E-state index is 6.08. The number of pyridine rings is 1. The molecule has 5 nitrogen and oxygen atoms in total. The normalized spacial score (nSPS) is 13.0. The lowest BCUT2D eigenvalue weighted by atomic mass is 10.2. The topological polar surface area (TPSA) is 69.6 Å². The van der Waals surface area contributed by atoms with Gasteiger partial charge in [0.25, 0.3) is 0 Å². The highest BCUT2D eigenvalue weighted by molar-refractivity contribution is 9.10. The number of nitrogen functional groups attached to an aromatic ring is 1. The van der Waals surface area contributed by atoms with Gasteiger partial charge in [-0.15, -0.1) is 11.3 Å². The number of nitrogens with two attached hydrogens (primary N) is 1. The van der Waals surface area contributed by atoms with E-state index in [4.69, 9.17) is 5.73 Å². The van der Waals surface area contributed by atoms with Gasteiger partial charge in [0.15, 0.2) is 5.65 Å². The maximum absolute atomic E-state index is 6.08. The number of hydrogen-bond donors (Lipinski definition) is 1. The fraction of sp³-hybridized carbons (Fsp3) is 0.308. The van der Waals surface area contributed by atoms with Gasteiger partial charge in [0.2, 0.25) is 5.95 Å². The van der Waals surface area contributed by atoms with Crippen molar-refractivity contribution in [2.24, 2.45) is 0 Å². The zero-order valence-electron chi connectivity index (χ0n) is 11.4. The molecule has 2 N–H and O–H groups in total. The number of halogens is 1. The van der Waals surface area contributed by atoms with Crippen molar-refractivity contribution >= 4 is 44.4 Å². The van der Waals surface area contributed by atoms with Gasteiger partial charge in [-0.25, -0.2) is 15.0 Å².